The Hall–Kier alpha value is -8.92. The van der Waals surface area contributed by atoms with Crippen molar-refractivity contribution < 1.29 is 74.0 Å². The van der Waals surface area contributed by atoms with Crippen molar-refractivity contribution in [3.05, 3.63) is 204 Å². The van der Waals surface area contributed by atoms with Crippen LogP contribution in [0.1, 0.15) is 106 Å². The van der Waals surface area contributed by atoms with E-state index >= 15 is 0 Å². The molecule has 598 valence electrons. The predicted octanol–water partition coefficient (Wildman–Crippen LogP) is 5.89. The van der Waals surface area contributed by atoms with Gasteiger partial charge in [-0.3, -0.25) is 50.0 Å². The average Bonchev–Trinajstić information content (AvgIpc) is 1.60. The molecular weight excluding hydrogens is 1650 g/mol. The summed E-state index contributed by atoms with van der Waals surface area (Å²) < 4.78 is 61.5. The first kappa shape index (κ1) is 87.7. The number of aromatic nitrogens is 10. The highest BCUT2D eigenvalue weighted by Gasteiger charge is 2.33. The van der Waals surface area contributed by atoms with Gasteiger partial charge in [-0.1, -0.05) is 35.0 Å². The van der Waals surface area contributed by atoms with Gasteiger partial charge >= 0.3 is 27.5 Å². The summed E-state index contributed by atoms with van der Waals surface area (Å²) in [4.78, 5) is 50.1. The van der Waals surface area contributed by atoms with Gasteiger partial charge in [0.15, 0.2) is 17.0 Å². The Balaban J connectivity index is 0.000000164. The van der Waals surface area contributed by atoms with Crippen LogP contribution in [-0.2, 0) is 102 Å². The van der Waals surface area contributed by atoms with Gasteiger partial charge < -0.3 is 50.1 Å². The minimum atomic E-state index is -4.38. The first-order chi connectivity index (χ1) is 52.5. The maximum absolute atomic E-state index is 11.6. The third-order valence-electron chi connectivity index (χ3n) is 18.8. The molecule has 0 unspecified atom stereocenters. The van der Waals surface area contributed by atoms with Crippen molar-refractivity contribution >= 4 is 112 Å². The molecule has 6 aliphatic rings. The van der Waals surface area contributed by atoms with E-state index in [1.54, 1.807) is 19.8 Å². The summed E-state index contributed by atoms with van der Waals surface area (Å²) in [7, 11) is -0.0715. The zero-order valence-electron chi connectivity index (χ0n) is 62.8. The van der Waals surface area contributed by atoms with Crippen molar-refractivity contribution in [3.8, 4) is 0 Å². The first-order valence-electron chi connectivity index (χ1n) is 35.3. The fourth-order valence-corrected chi connectivity index (χ4v) is 16.0. The number of nitrogens with two attached hydrogens (primary N) is 3. The van der Waals surface area contributed by atoms with E-state index in [9.17, 15) is 57.3 Å². The second-order valence-corrected chi connectivity index (χ2v) is 32.4. The maximum atomic E-state index is 11.6. The third kappa shape index (κ3) is 22.3. The normalized spacial score (nSPS) is 13.7. The smallest absolute Gasteiger partial charge is 0.413 e. The summed E-state index contributed by atoms with van der Waals surface area (Å²) in [5.74, 6) is 10.8. The lowest BCUT2D eigenvalue weighted by Crippen LogP contribution is -3.00. The largest absolute Gasteiger partial charge is 1.00 e. The Labute approximate surface area is 671 Å². The molecule has 10 aromatic rings. The van der Waals surface area contributed by atoms with Crippen LogP contribution in [0.2, 0.25) is 0 Å². The summed E-state index contributed by atoms with van der Waals surface area (Å²) in [6.07, 6.45) is 30.8. The molecule has 6 aliphatic carbocycles. The van der Waals surface area contributed by atoms with Gasteiger partial charge in [0.1, 0.15) is 26.5 Å². The van der Waals surface area contributed by atoms with E-state index in [1.807, 2.05) is 97.1 Å². The molecule has 16 rings (SSSR count). The molecule has 9 N–H and O–H groups in total. The highest BCUT2D eigenvalue weighted by molar-refractivity contribution is 8.21. The first-order valence-corrected chi connectivity index (χ1v) is 42.2. The summed E-state index contributed by atoms with van der Waals surface area (Å²) in [5, 5.41) is 67.3. The Kier molecular flexibility index (Phi) is 31.6. The number of aryl methyl sites for hydroxylation is 11. The Morgan fingerprint density at radius 1 is 0.577 bits per heavy atom. The third-order valence-corrected chi connectivity index (χ3v) is 22.7. The standard InChI is InChI=1S/C14H19N5O2.C14H21N5.C11H11N3O4S.C11H11N3O2S.C8H11N2.C8H9N.C4H7NO2S2.HI.H3NO4S/c1-17(2)9-8-15-14-13(19(20)21)12-7-6-10-4-3-5-11(10)18(12)16-14;1-18(2)9-8-16-14-13(15)12-7-6-10-4-3-5-11(10)19(12)17-14;1-19(17,18)11-10(14(15)16)9-6-5-7-3-2-4-8(7)13(9)12-11;1-17-11-10(14(15)16)9-6-5-7-3-2-4-8(7)13(9)12-11;9-10-6-2-4-7-3-1-5-8(7)10;1-3-7-4-2-6-9-8(7)5-1;1-8-4(9-2)3-5(6)7;;1-5-6(2,3)4/h6-7H,3-5,8-9H2,1-2H3,(H,15,16);6-7H,3-5,8-9,15H2,1-2H3,(H,16,17);5-6H,2-4H2,1H3;5-6H,2-4H2,1H3;2,4,6H,1,3,5,9H2;2,4,6H,1,3,5H2;3H,1-2H3;1H;1H2,(H,2,3,4)/q;;;;+1;;;;/p-1. The van der Waals surface area contributed by atoms with Gasteiger partial charge in [-0.05, 0) is 220 Å². The number of rotatable bonds is 17. The van der Waals surface area contributed by atoms with Crippen molar-refractivity contribution in [1.82, 2.24) is 53.2 Å². The minimum absolute atomic E-state index is 0. The minimum Gasteiger partial charge on any atom is -1.00 e. The molecule has 0 aromatic carbocycles. The molecule has 0 saturated carbocycles. The van der Waals surface area contributed by atoms with Crippen molar-refractivity contribution in [2.45, 2.75) is 126 Å². The number of anilines is 3. The maximum Gasteiger partial charge on any atom is 0.413 e. The van der Waals surface area contributed by atoms with Crippen molar-refractivity contribution in [2.24, 2.45) is 5.90 Å². The highest BCUT2D eigenvalue weighted by atomic mass is 127. The van der Waals surface area contributed by atoms with Gasteiger partial charge in [-0.2, -0.15) is 23.7 Å². The van der Waals surface area contributed by atoms with E-state index < -0.39 is 40.8 Å². The van der Waals surface area contributed by atoms with E-state index in [1.165, 1.54) is 123 Å². The van der Waals surface area contributed by atoms with Crippen molar-refractivity contribution in [3.63, 3.8) is 0 Å². The van der Waals surface area contributed by atoms with Crippen LogP contribution < -0.4 is 56.8 Å². The molecule has 10 heterocycles. The van der Waals surface area contributed by atoms with Crippen LogP contribution in [0.4, 0.5) is 34.4 Å². The number of halogens is 1. The van der Waals surface area contributed by atoms with Gasteiger partial charge in [0, 0.05) is 85.2 Å². The Morgan fingerprint density at radius 2 is 0.991 bits per heavy atom. The lowest BCUT2D eigenvalue weighted by atomic mass is 10.2. The zero-order valence-corrected chi connectivity index (χ0v) is 69.0. The number of likely N-dealkylation sites (N-methyl/N-ethyl adjacent to an activating group) is 2. The Bertz CT molecular complexity index is 5260. The van der Waals surface area contributed by atoms with Crippen molar-refractivity contribution in [1.29, 1.82) is 0 Å². The van der Waals surface area contributed by atoms with Crippen LogP contribution in [0.15, 0.2) is 106 Å². The molecule has 41 heteroatoms. The number of hydrogen-bond acceptors (Lipinski definition) is 28. The molecule has 0 bridgehead atoms. The van der Waals surface area contributed by atoms with Crippen LogP contribution in [-0.4, -0.2) is 174 Å². The van der Waals surface area contributed by atoms with E-state index in [0.29, 0.717) is 28.4 Å². The molecule has 10 aromatic heterocycles. The number of nitrogens with one attached hydrogen (secondary N) is 2. The summed E-state index contributed by atoms with van der Waals surface area (Å²) in [5.41, 5.74) is 24.1. The number of pyridine rings is 6. The number of nitrogens with zero attached hydrogens (tertiary/aromatic N) is 16. The fourth-order valence-electron chi connectivity index (χ4n) is 13.7. The Morgan fingerprint density at radius 3 is 1.43 bits per heavy atom. The van der Waals surface area contributed by atoms with Gasteiger partial charge in [-0.15, -0.1) is 50.6 Å². The van der Waals surface area contributed by atoms with E-state index in [-0.39, 0.29) is 50.7 Å². The quantitative estimate of drug-likeness (QED) is 0.0118. The van der Waals surface area contributed by atoms with Crippen LogP contribution in [0.25, 0.3) is 22.1 Å². The second kappa shape index (κ2) is 40.0. The molecule has 0 saturated heterocycles. The zero-order chi connectivity index (χ0) is 79.7. The lowest BCUT2D eigenvalue weighted by Gasteiger charge is -2.09. The molecular formula is C70H92IN21O14S5. The topological polar surface area (TPSA) is 465 Å². The van der Waals surface area contributed by atoms with E-state index in [0.717, 1.165) is 153 Å². The molecule has 0 atom stereocenters. The molecule has 111 heavy (non-hydrogen) atoms. The van der Waals surface area contributed by atoms with Gasteiger partial charge in [0.05, 0.1) is 25.2 Å². The summed E-state index contributed by atoms with van der Waals surface area (Å²) in [6, 6.07) is 23.6. The van der Waals surface area contributed by atoms with Gasteiger partial charge in [0.25, 0.3) is 11.2 Å². The molecule has 0 fully saturated rings. The molecule has 0 spiro atoms. The fraction of sp³-hybridized carbons (Fsp3) is 0.429. The highest BCUT2D eigenvalue weighted by Crippen LogP contribution is 2.37. The summed E-state index contributed by atoms with van der Waals surface area (Å²) in [6.45, 7) is 3.23. The predicted molar refractivity (Wildman–Crippen MR) is 426 cm³/mol. The van der Waals surface area contributed by atoms with Crippen LogP contribution >= 0.6 is 35.3 Å². The number of thioether (sulfide) groups is 3. The lowest BCUT2D eigenvalue weighted by molar-refractivity contribution is -0.646. The van der Waals surface area contributed by atoms with Crippen LogP contribution in [0, 0.1) is 40.5 Å². The van der Waals surface area contributed by atoms with E-state index in [2.05, 4.69) is 89.5 Å². The number of sulfone groups is 1. The van der Waals surface area contributed by atoms with Crippen LogP contribution in [0.3, 0.4) is 0 Å². The molecule has 35 nitrogen and oxygen atoms in total. The van der Waals surface area contributed by atoms with Crippen LogP contribution in [0.5, 0.6) is 0 Å². The SMILES string of the molecule is CN(C)CCNc1nn2c3c(ccc2c1N)CCC3.CN(C)CCNc1nn2c3c(ccc2c1[N+](=O)[O-])CCC3.CS(=O)(=O)c1nn2c3c(ccc2c1[N+](=O)[O-])CCC3.CSC(=C[N+](=O)[O-])SC.CSc1nn2c3c(ccc2c1[N+](=O)[O-])CCC3.NOS(=O)(=O)O.N[n+]1cccc2c1CCC2.[I-].c1cnc2c(c1)CCC2. The number of nitrogen functional groups attached to an aromatic ring is 2. The molecule has 0 amide bonds. The monoisotopic (exact) mass is 1740 g/mol. The van der Waals surface area contributed by atoms with E-state index in [4.69, 9.17) is 16.1 Å². The van der Waals surface area contributed by atoms with Gasteiger partial charge in [0.2, 0.25) is 21.3 Å². The summed E-state index contributed by atoms with van der Waals surface area (Å²) >= 11 is 4.08. The number of fused-ring (bicyclic) bond motifs is 14. The van der Waals surface area contributed by atoms with Gasteiger partial charge in [-0.25, -0.2) is 32.3 Å². The molecule has 0 aliphatic heterocycles. The average molecular weight is 1740 g/mol. The second-order valence-electron chi connectivity index (χ2n) is 26.7. The number of nitro groups is 4. The number of hydrogen-bond donors (Lipinski definition) is 6. The molecule has 0 radical (unpaired) electrons. The van der Waals surface area contributed by atoms with Crippen molar-refractivity contribution in [2.75, 3.05) is 102 Å².